The van der Waals surface area contributed by atoms with Crippen LogP contribution in [0.25, 0.3) is 0 Å². The molecule has 2 N–H and O–H groups in total. The lowest BCUT2D eigenvalue weighted by molar-refractivity contribution is 0.585. The van der Waals surface area contributed by atoms with Gasteiger partial charge in [0.05, 0.1) is 6.54 Å². The second kappa shape index (κ2) is 10.4. The number of guanidine groups is 1. The Kier molecular flexibility index (Phi) is 8.82. The number of benzene rings is 1. The molecule has 118 valence electrons. The van der Waals surface area contributed by atoms with Gasteiger partial charge >= 0.3 is 0 Å². The number of thioether (sulfide) groups is 1. The largest absolute Gasteiger partial charge is 0.357 e. The molecule has 0 atom stereocenters. The van der Waals surface area contributed by atoms with Crippen LogP contribution in [0.15, 0.2) is 23.2 Å². The van der Waals surface area contributed by atoms with Gasteiger partial charge in [-0.3, -0.25) is 0 Å². The fourth-order valence-corrected chi connectivity index (χ4v) is 2.24. The zero-order valence-corrected chi connectivity index (χ0v) is 13.4. The van der Waals surface area contributed by atoms with Crippen LogP contribution in [0.2, 0.25) is 0 Å². The van der Waals surface area contributed by atoms with Crippen LogP contribution in [-0.4, -0.2) is 31.1 Å². The van der Waals surface area contributed by atoms with E-state index in [4.69, 9.17) is 0 Å². The third-order valence-corrected chi connectivity index (χ3v) is 3.52. The molecule has 0 amide bonds. The molecule has 0 aliphatic heterocycles. The van der Waals surface area contributed by atoms with Gasteiger partial charge in [-0.05, 0) is 50.0 Å². The summed E-state index contributed by atoms with van der Waals surface area (Å²) in [5.41, 5.74) is 0.259. The third-order valence-electron chi connectivity index (χ3n) is 2.83. The monoisotopic (exact) mass is 315 g/mol. The summed E-state index contributed by atoms with van der Waals surface area (Å²) < 4.78 is 26.6. The minimum absolute atomic E-state index is 0.115. The summed E-state index contributed by atoms with van der Waals surface area (Å²) >= 11 is 1.83. The first-order valence-electron chi connectivity index (χ1n) is 7.12. The maximum atomic E-state index is 13.5. The van der Waals surface area contributed by atoms with Gasteiger partial charge in [0.25, 0.3) is 0 Å². The van der Waals surface area contributed by atoms with Crippen LogP contribution in [0.4, 0.5) is 8.78 Å². The van der Waals surface area contributed by atoms with Gasteiger partial charge in [0.1, 0.15) is 11.6 Å². The van der Waals surface area contributed by atoms with Crippen molar-refractivity contribution in [1.29, 1.82) is 0 Å². The van der Waals surface area contributed by atoms with Crippen molar-refractivity contribution in [2.24, 2.45) is 4.99 Å². The highest BCUT2D eigenvalue weighted by molar-refractivity contribution is 7.98. The summed E-state index contributed by atoms with van der Waals surface area (Å²) in [6.07, 6.45) is 4.29. The van der Waals surface area contributed by atoms with E-state index >= 15 is 0 Å². The van der Waals surface area contributed by atoms with Gasteiger partial charge in [-0.15, -0.1) is 0 Å². The molecule has 0 aliphatic carbocycles. The van der Waals surface area contributed by atoms with E-state index in [1.165, 1.54) is 6.07 Å². The van der Waals surface area contributed by atoms with Gasteiger partial charge in [-0.2, -0.15) is 11.8 Å². The number of hydrogen-bond acceptors (Lipinski definition) is 2. The molecule has 0 heterocycles. The zero-order chi connectivity index (χ0) is 15.5. The summed E-state index contributed by atoms with van der Waals surface area (Å²) in [6.45, 7) is 3.62. The fraction of sp³-hybridized carbons (Fsp3) is 0.533. The average Bonchev–Trinajstić information content (AvgIpc) is 2.47. The summed E-state index contributed by atoms with van der Waals surface area (Å²) in [4.78, 5) is 4.29. The van der Waals surface area contributed by atoms with E-state index < -0.39 is 11.6 Å². The highest BCUT2D eigenvalue weighted by Crippen LogP contribution is 2.10. The molecule has 6 heteroatoms. The minimum Gasteiger partial charge on any atom is -0.357 e. The maximum Gasteiger partial charge on any atom is 0.191 e. The first kappa shape index (κ1) is 17.8. The Balaban J connectivity index is 2.52. The number of nitrogens with one attached hydrogen (secondary N) is 2. The van der Waals surface area contributed by atoms with Crippen LogP contribution in [0.1, 0.15) is 25.3 Å². The van der Waals surface area contributed by atoms with Crippen LogP contribution in [0, 0.1) is 11.6 Å². The van der Waals surface area contributed by atoms with Crippen LogP contribution in [0.5, 0.6) is 0 Å². The smallest absolute Gasteiger partial charge is 0.191 e. The Morgan fingerprint density at radius 1 is 1.24 bits per heavy atom. The normalized spacial score (nSPS) is 11.5. The Morgan fingerprint density at radius 3 is 2.76 bits per heavy atom. The molecule has 0 fully saturated rings. The van der Waals surface area contributed by atoms with E-state index in [1.54, 1.807) is 0 Å². The summed E-state index contributed by atoms with van der Waals surface area (Å²) in [5.74, 6) is 0.891. The van der Waals surface area contributed by atoms with E-state index in [9.17, 15) is 8.78 Å². The van der Waals surface area contributed by atoms with E-state index in [0.29, 0.717) is 5.96 Å². The molecular weight excluding hydrogens is 292 g/mol. The first-order chi connectivity index (χ1) is 10.2. The molecule has 0 bridgehead atoms. The van der Waals surface area contributed by atoms with E-state index in [1.807, 2.05) is 18.7 Å². The summed E-state index contributed by atoms with van der Waals surface area (Å²) in [5, 5.41) is 6.29. The van der Waals surface area contributed by atoms with E-state index in [-0.39, 0.29) is 12.1 Å². The molecule has 1 rings (SSSR count). The third kappa shape index (κ3) is 7.32. The SMILES string of the molecule is CCNC(=NCc1cc(F)ccc1F)NCCCCSC. The number of nitrogens with zero attached hydrogens (tertiary/aromatic N) is 1. The molecule has 3 nitrogen and oxygen atoms in total. The van der Waals surface area contributed by atoms with Crippen LogP contribution >= 0.6 is 11.8 Å². The predicted octanol–water partition coefficient (Wildman–Crippen LogP) is 3.16. The average molecular weight is 315 g/mol. The summed E-state index contributed by atoms with van der Waals surface area (Å²) in [6, 6.07) is 3.42. The van der Waals surface area contributed by atoms with Crippen molar-refractivity contribution in [3.05, 3.63) is 35.4 Å². The second-order valence-corrected chi connectivity index (χ2v) is 5.54. The second-order valence-electron chi connectivity index (χ2n) is 4.56. The molecule has 0 saturated carbocycles. The molecule has 0 aromatic heterocycles. The highest BCUT2D eigenvalue weighted by atomic mass is 32.2. The molecule has 0 unspecified atom stereocenters. The first-order valence-corrected chi connectivity index (χ1v) is 8.51. The van der Waals surface area contributed by atoms with Crippen molar-refractivity contribution < 1.29 is 8.78 Å². The molecule has 0 aliphatic rings. The van der Waals surface area contributed by atoms with Crippen molar-refractivity contribution in [3.8, 4) is 0 Å². The van der Waals surface area contributed by atoms with Gasteiger partial charge in [-0.25, -0.2) is 13.8 Å². The van der Waals surface area contributed by atoms with E-state index in [2.05, 4.69) is 21.9 Å². The predicted molar refractivity (Wildman–Crippen MR) is 86.8 cm³/mol. The number of rotatable bonds is 8. The lowest BCUT2D eigenvalue weighted by Gasteiger charge is -2.11. The molecule has 1 aromatic rings. The molecule has 0 saturated heterocycles. The number of unbranched alkanes of at least 4 members (excludes halogenated alkanes) is 1. The zero-order valence-electron chi connectivity index (χ0n) is 12.6. The Morgan fingerprint density at radius 2 is 2.05 bits per heavy atom. The standard InChI is InChI=1S/C15H23F2N3S/c1-3-18-15(19-8-4-5-9-21-2)20-11-12-10-13(16)6-7-14(12)17/h6-7,10H,3-5,8-9,11H2,1-2H3,(H2,18,19,20). The van der Waals surface area contributed by atoms with Gasteiger partial charge in [-0.1, -0.05) is 0 Å². The number of aliphatic imine (C=N–C) groups is 1. The van der Waals surface area contributed by atoms with Crippen LogP contribution < -0.4 is 10.6 Å². The lowest BCUT2D eigenvalue weighted by atomic mass is 10.2. The number of halogens is 2. The van der Waals surface area contributed by atoms with Crippen molar-refractivity contribution in [1.82, 2.24) is 10.6 Å². The number of hydrogen-bond donors (Lipinski definition) is 2. The van der Waals surface area contributed by atoms with Crippen molar-refractivity contribution in [2.75, 3.05) is 25.1 Å². The molecule has 21 heavy (non-hydrogen) atoms. The van der Waals surface area contributed by atoms with Gasteiger partial charge in [0.2, 0.25) is 0 Å². The highest BCUT2D eigenvalue weighted by Gasteiger charge is 2.04. The molecule has 0 spiro atoms. The fourth-order valence-electron chi connectivity index (χ4n) is 1.75. The topological polar surface area (TPSA) is 36.4 Å². The van der Waals surface area contributed by atoms with Crippen molar-refractivity contribution in [2.45, 2.75) is 26.3 Å². The Bertz CT molecular complexity index is 453. The van der Waals surface area contributed by atoms with Crippen molar-refractivity contribution >= 4 is 17.7 Å². The minimum atomic E-state index is -0.448. The van der Waals surface area contributed by atoms with Crippen molar-refractivity contribution in [3.63, 3.8) is 0 Å². The summed E-state index contributed by atoms with van der Waals surface area (Å²) in [7, 11) is 0. The maximum absolute atomic E-state index is 13.5. The van der Waals surface area contributed by atoms with Crippen LogP contribution in [0.3, 0.4) is 0 Å². The molecular formula is C15H23F2N3S. The Hall–Kier alpha value is -1.30. The molecule has 1 aromatic carbocycles. The van der Waals surface area contributed by atoms with Crippen LogP contribution in [-0.2, 0) is 6.54 Å². The lowest BCUT2D eigenvalue weighted by Crippen LogP contribution is -2.37. The van der Waals surface area contributed by atoms with Gasteiger partial charge < -0.3 is 10.6 Å². The van der Waals surface area contributed by atoms with Gasteiger partial charge in [0.15, 0.2) is 5.96 Å². The van der Waals surface area contributed by atoms with E-state index in [0.717, 1.165) is 43.8 Å². The molecule has 0 radical (unpaired) electrons. The quantitative estimate of drug-likeness (QED) is 0.439. The van der Waals surface area contributed by atoms with Gasteiger partial charge in [0, 0.05) is 18.7 Å². The Labute approximate surface area is 129 Å².